The topological polar surface area (TPSA) is 106 Å². The average molecular weight is 418 g/mol. The molecule has 0 spiro atoms. The van der Waals surface area contributed by atoms with Gasteiger partial charge in [-0.3, -0.25) is 19.4 Å². The van der Waals surface area contributed by atoms with Crippen LogP contribution in [-0.4, -0.2) is 32.8 Å². The second-order valence-electron chi connectivity index (χ2n) is 7.44. The average Bonchev–Trinajstić information content (AvgIpc) is 3.35. The monoisotopic (exact) mass is 417 g/mol. The number of aromatic nitrogens is 3. The second-order valence-corrected chi connectivity index (χ2v) is 7.44. The molecule has 7 nitrogen and oxygen atoms in total. The lowest BCUT2D eigenvalue weighted by molar-refractivity contribution is -0.123. The molecule has 1 atom stereocenters. The number of fused-ring (bicyclic) bond motifs is 1. The minimum absolute atomic E-state index is 0. The Hall–Kier alpha value is -1.57. The molecule has 1 fully saturated rings. The highest BCUT2D eigenvalue weighted by Gasteiger charge is 2.41. The van der Waals surface area contributed by atoms with Crippen LogP contribution in [-0.2, 0) is 18.3 Å². The predicted octanol–water partition coefficient (Wildman–Crippen LogP) is 1.90. The Morgan fingerprint density at radius 2 is 2.00 bits per heavy atom. The van der Waals surface area contributed by atoms with E-state index in [0.29, 0.717) is 36.3 Å². The molecule has 2 aromatic heterocycles. The third-order valence-electron chi connectivity index (χ3n) is 5.51. The minimum atomic E-state index is -0.306. The molecular formula is C18H29Cl2N5O2. The molecule has 1 aliphatic rings. The van der Waals surface area contributed by atoms with Crippen LogP contribution in [0, 0.1) is 19.8 Å². The third-order valence-corrected chi connectivity index (χ3v) is 5.51. The normalized spacial score (nSPS) is 15.6. The maximum absolute atomic E-state index is 12.4. The van der Waals surface area contributed by atoms with E-state index in [1.165, 1.54) is 0 Å². The number of aromatic amines is 1. The molecule has 0 radical (unpaired) electrons. The molecule has 4 N–H and O–H groups in total. The highest BCUT2D eigenvalue weighted by Crippen LogP contribution is 2.39. The van der Waals surface area contributed by atoms with Crippen LogP contribution in [0.25, 0.3) is 11.0 Å². The molecule has 0 aliphatic heterocycles. The molecule has 0 bridgehead atoms. The van der Waals surface area contributed by atoms with Gasteiger partial charge in [0.1, 0.15) is 0 Å². The summed E-state index contributed by atoms with van der Waals surface area (Å²) in [5, 5.41) is 6.45. The van der Waals surface area contributed by atoms with Crippen LogP contribution in [0.4, 0.5) is 0 Å². The van der Waals surface area contributed by atoms with Crippen molar-refractivity contribution in [2.24, 2.45) is 18.7 Å². The van der Waals surface area contributed by atoms with Crippen molar-refractivity contribution in [3.8, 4) is 0 Å². The summed E-state index contributed by atoms with van der Waals surface area (Å²) >= 11 is 0. The van der Waals surface area contributed by atoms with Gasteiger partial charge in [0, 0.05) is 25.7 Å². The lowest BCUT2D eigenvalue weighted by Crippen LogP contribution is -2.53. The van der Waals surface area contributed by atoms with Gasteiger partial charge in [-0.1, -0.05) is 0 Å². The van der Waals surface area contributed by atoms with E-state index in [2.05, 4.69) is 15.4 Å². The number of nitrogens with zero attached hydrogens (tertiary/aromatic N) is 2. The van der Waals surface area contributed by atoms with Crippen molar-refractivity contribution in [3.63, 3.8) is 0 Å². The summed E-state index contributed by atoms with van der Waals surface area (Å²) in [6.07, 6.45) is 3.18. The number of carbonyl (C=O) groups is 1. The zero-order chi connectivity index (χ0) is 18.4. The van der Waals surface area contributed by atoms with Gasteiger partial charge in [0.2, 0.25) is 5.91 Å². The first-order valence-electron chi connectivity index (χ1n) is 8.82. The largest absolute Gasteiger partial charge is 0.349 e. The molecule has 0 aromatic carbocycles. The van der Waals surface area contributed by atoms with Gasteiger partial charge >= 0.3 is 0 Å². The van der Waals surface area contributed by atoms with E-state index < -0.39 is 0 Å². The first kappa shape index (κ1) is 23.5. The Bertz CT molecular complexity index is 888. The molecule has 1 unspecified atom stereocenters. The van der Waals surface area contributed by atoms with E-state index in [1.807, 2.05) is 20.8 Å². The first-order chi connectivity index (χ1) is 11.8. The van der Waals surface area contributed by atoms with Crippen LogP contribution >= 0.6 is 24.8 Å². The van der Waals surface area contributed by atoms with Gasteiger partial charge in [0.05, 0.1) is 10.9 Å². The standard InChI is InChI=1S/C18H27N5O2.2ClH/c1-10-13(11(2)20-16-15(10)17(25)22-23(16)4)7-8-14(24)21-18(3,9-19)12-5-6-12;;/h12H,5-9,19H2,1-4H3,(H,21,24)(H,22,25);2*1H. The first-order valence-corrected chi connectivity index (χ1v) is 8.82. The van der Waals surface area contributed by atoms with Gasteiger partial charge in [-0.05, 0) is 57.1 Å². The summed E-state index contributed by atoms with van der Waals surface area (Å²) in [7, 11) is 1.77. The Labute approximate surface area is 171 Å². The number of pyridine rings is 1. The number of rotatable bonds is 6. The van der Waals surface area contributed by atoms with E-state index in [-0.39, 0.29) is 41.8 Å². The summed E-state index contributed by atoms with van der Waals surface area (Å²) in [6.45, 7) is 6.32. The van der Waals surface area contributed by atoms with Crippen molar-refractivity contribution in [1.82, 2.24) is 20.1 Å². The Morgan fingerprint density at radius 3 is 2.56 bits per heavy atom. The summed E-state index contributed by atoms with van der Waals surface area (Å²) in [6, 6.07) is 0. The van der Waals surface area contributed by atoms with Crippen LogP contribution < -0.4 is 16.6 Å². The maximum Gasteiger partial charge on any atom is 0.273 e. The van der Waals surface area contributed by atoms with E-state index in [9.17, 15) is 9.59 Å². The van der Waals surface area contributed by atoms with E-state index in [0.717, 1.165) is 29.7 Å². The summed E-state index contributed by atoms with van der Waals surface area (Å²) in [5.41, 5.74) is 8.81. The zero-order valence-electron chi connectivity index (χ0n) is 16.2. The van der Waals surface area contributed by atoms with Crippen LogP contribution in [0.2, 0.25) is 0 Å². The fraction of sp³-hybridized carbons (Fsp3) is 0.611. The molecule has 2 heterocycles. The Balaban J connectivity index is 0.00000182. The number of nitrogens with one attached hydrogen (secondary N) is 2. The quantitative estimate of drug-likeness (QED) is 0.666. The van der Waals surface area contributed by atoms with Gasteiger partial charge in [0.25, 0.3) is 5.56 Å². The van der Waals surface area contributed by atoms with Crippen LogP contribution in [0.3, 0.4) is 0 Å². The van der Waals surface area contributed by atoms with E-state index in [4.69, 9.17) is 5.73 Å². The smallest absolute Gasteiger partial charge is 0.273 e. The summed E-state index contributed by atoms with van der Waals surface area (Å²) < 4.78 is 1.64. The number of H-pyrrole nitrogens is 1. The van der Waals surface area contributed by atoms with Crippen molar-refractivity contribution in [3.05, 3.63) is 27.2 Å². The molecule has 1 saturated carbocycles. The van der Waals surface area contributed by atoms with Gasteiger partial charge in [-0.25, -0.2) is 4.98 Å². The number of hydrogen-bond donors (Lipinski definition) is 3. The molecular weight excluding hydrogens is 389 g/mol. The number of halogens is 2. The maximum atomic E-state index is 12.4. The molecule has 27 heavy (non-hydrogen) atoms. The Kier molecular flexibility index (Phi) is 7.50. The van der Waals surface area contributed by atoms with Crippen LogP contribution in [0.5, 0.6) is 0 Å². The van der Waals surface area contributed by atoms with Crippen molar-refractivity contribution >= 4 is 41.8 Å². The number of hydrogen-bond acceptors (Lipinski definition) is 4. The summed E-state index contributed by atoms with van der Waals surface area (Å²) in [5.74, 6) is 0.492. The highest BCUT2D eigenvalue weighted by molar-refractivity contribution is 5.85. The van der Waals surface area contributed by atoms with Crippen molar-refractivity contribution in [1.29, 1.82) is 0 Å². The fourth-order valence-corrected chi connectivity index (χ4v) is 3.68. The number of amides is 1. The molecule has 1 aliphatic carbocycles. The van der Waals surface area contributed by atoms with Crippen LogP contribution in [0.15, 0.2) is 4.79 Å². The number of carbonyl (C=O) groups excluding carboxylic acids is 1. The minimum Gasteiger partial charge on any atom is -0.349 e. The van der Waals surface area contributed by atoms with Crippen molar-refractivity contribution in [2.45, 2.75) is 52.0 Å². The number of nitrogens with two attached hydrogens (primary N) is 1. The van der Waals surface area contributed by atoms with E-state index >= 15 is 0 Å². The predicted molar refractivity (Wildman–Crippen MR) is 112 cm³/mol. The molecule has 1 amide bonds. The molecule has 2 aromatic rings. The lowest BCUT2D eigenvalue weighted by Gasteiger charge is -2.29. The van der Waals surface area contributed by atoms with Gasteiger partial charge in [0.15, 0.2) is 5.65 Å². The van der Waals surface area contributed by atoms with Gasteiger partial charge in [-0.2, -0.15) is 0 Å². The van der Waals surface area contributed by atoms with Crippen LogP contribution in [0.1, 0.15) is 43.0 Å². The van der Waals surface area contributed by atoms with Gasteiger partial charge < -0.3 is 11.1 Å². The lowest BCUT2D eigenvalue weighted by atomic mass is 9.95. The fourth-order valence-electron chi connectivity index (χ4n) is 3.68. The third kappa shape index (κ3) is 4.47. The second kappa shape index (κ2) is 8.63. The molecule has 9 heteroatoms. The molecule has 152 valence electrons. The molecule has 3 rings (SSSR count). The van der Waals surface area contributed by atoms with Crippen molar-refractivity contribution in [2.75, 3.05) is 6.54 Å². The highest BCUT2D eigenvalue weighted by atomic mass is 35.5. The zero-order valence-corrected chi connectivity index (χ0v) is 17.9. The van der Waals surface area contributed by atoms with Gasteiger partial charge in [-0.15, -0.1) is 24.8 Å². The summed E-state index contributed by atoms with van der Waals surface area (Å²) in [4.78, 5) is 29.1. The molecule has 0 saturated heterocycles. The Morgan fingerprint density at radius 1 is 1.37 bits per heavy atom. The SMILES string of the molecule is Cc1nc2c(c(C)c1CCC(=O)NC(C)(CN)C1CC1)c(=O)[nH]n2C.Cl.Cl. The van der Waals surface area contributed by atoms with E-state index in [1.54, 1.807) is 11.7 Å². The number of aryl methyl sites for hydroxylation is 3. The van der Waals surface area contributed by atoms with Crippen molar-refractivity contribution < 1.29 is 4.79 Å².